The highest BCUT2D eigenvalue weighted by molar-refractivity contribution is 9.10. The molecule has 0 N–H and O–H groups in total. The molecule has 26 heavy (non-hydrogen) atoms. The molecule has 0 radical (unpaired) electrons. The Hall–Kier alpha value is -1.58. The highest BCUT2D eigenvalue weighted by Crippen LogP contribution is 2.37. The van der Waals surface area contributed by atoms with Gasteiger partial charge in [-0.3, -0.25) is 4.79 Å². The maximum absolute atomic E-state index is 12.8. The number of ether oxygens (including phenoxy) is 1. The number of alkyl halides is 3. The third-order valence-electron chi connectivity index (χ3n) is 3.81. The molecule has 1 aromatic heterocycles. The fourth-order valence-electron chi connectivity index (χ4n) is 2.63. The smallest absolute Gasteiger partial charge is 0.370 e. The van der Waals surface area contributed by atoms with Gasteiger partial charge in [0.1, 0.15) is 11.1 Å². The van der Waals surface area contributed by atoms with Gasteiger partial charge in [-0.1, -0.05) is 28.1 Å². The third-order valence-corrected chi connectivity index (χ3v) is 5.09. The van der Waals surface area contributed by atoms with Crippen molar-refractivity contribution in [3.8, 4) is 0 Å². The average Bonchev–Trinajstić information content (AvgIpc) is 2.61. The van der Waals surface area contributed by atoms with Crippen LogP contribution in [0, 0.1) is 0 Å². The summed E-state index contributed by atoms with van der Waals surface area (Å²) in [6.45, 7) is 0.900. The molecular formula is C17H14BrF3N2O2S. The van der Waals surface area contributed by atoms with Crippen LogP contribution in [0.3, 0.4) is 0 Å². The summed E-state index contributed by atoms with van der Waals surface area (Å²) in [5.41, 5.74) is -3.65. The second-order valence-corrected chi connectivity index (χ2v) is 7.54. The minimum absolute atomic E-state index is 0.0497. The molecule has 0 saturated carbocycles. The van der Waals surface area contributed by atoms with Gasteiger partial charge in [0.05, 0.1) is 18.7 Å². The number of nitrogens with zero attached hydrogens (tertiary/aromatic N) is 2. The molecule has 1 aromatic carbocycles. The number of halogens is 4. The molecule has 1 atom stereocenters. The molecule has 1 amide bonds. The highest BCUT2D eigenvalue weighted by Gasteiger charge is 2.34. The number of morpholine rings is 1. The van der Waals surface area contributed by atoms with Gasteiger partial charge in [-0.25, -0.2) is 4.98 Å². The van der Waals surface area contributed by atoms with Crippen LogP contribution >= 0.6 is 27.7 Å². The van der Waals surface area contributed by atoms with Crippen LogP contribution in [-0.2, 0) is 4.74 Å². The summed E-state index contributed by atoms with van der Waals surface area (Å²) in [5, 5.41) is -0.336. The van der Waals surface area contributed by atoms with Crippen molar-refractivity contribution in [1.82, 2.24) is 9.88 Å². The molecule has 1 saturated heterocycles. The summed E-state index contributed by atoms with van der Waals surface area (Å²) in [5.74, 6) is -0.477. The summed E-state index contributed by atoms with van der Waals surface area (Å²) >= 11 is 2.98. The van der Waals surface area contributed by atoms with Crippen molar-refractivity contribution in [3.05, 3.63) is 58.2 Å². The van der Waals surface area contributed by atoms with E-state index in [-0.39, 0.29) is 35.0 Å². The number of hydrogen-bond acceptors (Lipinski definition) is 4. The van der Waals surface area contributed by atoms with E-state index < -0.39 is 11.4 Å². The predicted molar refractivity (Wildman–Crippen MR) is 94.9 cm³/mol. The van der Waals surface area contributed by atoms with Crippen LogP contribution in [0.25, 0.3) is 0 Å². The van der Waals surface area contributed by atoms with Crippen LogP contribution in [0.2, 0.25) is 0 Å². The van der Waals surface area contributed by atoms with E-state index in [0.29, 0.717) is 13.2 Å². The minimum Gasteiger partial charge on any atom is -0.370 e. The quantitative estimate of drug-likeness (QED) is 0.642. The zero-order chi connectivity index (χ0) is 18.7. The molecule has 2 heterocycles. The van der Waals surface area contributed by atoms with E-state index in [9.17, 15) is 18.0 Å². The lowest BCUT2D eigenvalue weighted by atomic mass is 10.1. The zero-order valence-electron chi connectivity index (χ0n) is 13.4. The molecule has 1 aliphatic heterocycles. The first-order valence-electron chi connectivity index (χ1n) is 7.70. The molecule has 1 fully saturated rings. The lowest BCUT2D eigenvalue weighted by Crippen LogP contribution is -2.42. The van der Waals surface area contributed by atoms with Gasteiger partial charge in [-0.2, -0.15) is 13.2 Å². The molecule has 4 nitrogen and oxygen atoms in total. The molecule has 0 bridgehead atoms. The number of amides is 1. The van der Waals surface area contributed by atoms with E-state index in [1.54, 1.807) is 0 Å². The Morgan fingerprint density at radius 2 is 2.00 bits per heavy atom. The van der Waals surface area contributed by atoms with Crippen molar-refractivity contribution in [1.29, 1.82) is 0 Å². The van der Waals surface area contributed by atoms with Crippen LogP contribution in [-0.4, -0.2) is 41.0 Å². The Morgan fingerprint density at radius 3 is 2.69 bits per heavy atom. The Morgan fingerprint density at radius 1 is 1.27 bits per heavy atom. The topological polar surface area (TPSA) is 42.4 Å². The number of pyridine rings is 1. The standard InChI is InChI=1S/C17H14BrF3N2O2S/c18-12-5-3-11(4-6-12)14-10-23(8-9-25-14)16(24)13-2-1-7-22-15(13)26-17(19,20)21/h1-7,14H,8-10H2. The monoisotopic (exact) mass is 446 g/mol. The highest BCUT2D eigenvalue weighted by atomic mass is 79.9. The number of carbonyl (C=O) groups is 1. The van der Waals surface area contributed by atoms with E-state index in [4.69, 9.17) is 4.74 Å². The largest absolute Gasteiger partial charge is 0.447 e. The molecule has 3 rings (SSSR count). The van der Waals surface area contributed by atoms with Crippen LogP contribution in [0.15, 0.2) is 52.1 Å². The Kier molecular flexibility index (Phi) is 5.89. The maximum atomic E-state index is 12.8. The maximum Gasteiger partial charge on any atom is 0.447 e. The van der Waals surface area contributed by atoms with Gasteiger partial charge in [-0.05, 0) is 29.8 Å². The van der Waals surface area contributed by atoms with Crippen molar-refractivity contribution in [2.75, 3.05) is 19.7 Å². The lowest BCUT2D eigenvalue weighted by Gasteiger charge is -2.33. The predicted octanol–water partition coefficient (Wildman–Crippen LogP) is 4.67. The van der Waals surface area contributed by atoms with E-state index in [0.717, 1.165) is 10.0 Å². The molecule has 9 heteroatoms. The number of aromatic nitrogens is 1. The number of thioether (sulfide) groups is 1. The average molecular weight is 447 g/mol. The Bertz CT molecular complexity index is 786. The van der Waals surface area contributed by atoms with Crippen molar-refractivity contribution in [2.24, 2.45) is 0 Å². The van der Waals surface area contributed by atoms with Crippen molar-refractivity contribution in [2.45, 2.75) is 16.6 Å². The van der Waals surface area contributed by atoms with Crippen molar-refractivity contribution in [3.63, 3.8) is 0 Å². The minimum atomic E-state index is -4.51. The van der Waals surface area contributed by atoms with Gasteiger partial charge in [0.25, 0.3) is 5.91 Å². The van der Waals surface area contributed by atoms with Gasteiger partial charge in [0.2, 0.25) is 0 Å². The first kappa shape index (κ1) is 19.2. The molecule has 0 spiro atoms. The summed E-state index contributed by atoms with van der Waals surface area (Å²) < 4.78 is 44.8. The van der Waals surface area contributed by atoms with Crippen LogP contribution < -0.4 is 0 Å². The van der Waals surface area contributed by atoms with Gasteiger partial charge in [0.15, 0.2) is 0 Å². The van der Waals surface area contributed by atoms with E-state index in [2.05, 4.69) is 20.9 Å². The molecular weight excluding hydrogens is 433 g/mol. The van der Waals surface area contributed by atoms with Crippen LogP contribution in [0.1, 0.15) is 22.0 Å². The SMILES string of the molecule is O=C(c1cccnc1SC(F)(F)F)N1CCOC(c2ccc(Br)cc2)C1. The second-order valence-electron chi connectivity index (χ2n) is 5.57. The molecule has 138 valence electrons. The van der Waals surface area contributed by atoms with E-state index in [1.807, 2.05) is 24.3 Å². The van der Waals surface area contributed by atoms with Gasteiger partial charge in [0, 0.05) is 29.0 Å². The van der Waals surface area contributed by atoms with Crippen molar-refractivity contribution >= 4 is 33.6 Å². The van der Waals surface area contributed by atoms with Crippen LogP contribution in [0.4, 0.5) is 13.2 Å². The number of rotatable bonds is 3. The molecule has 0 aliphatic carbocycles. The summed E-state index contributed by atoms with van der Waals surface area (Å²) in [7, 11) is 0. The molecule has 1 unspecified atom stereocenters. The summed E-state index contributed by atoms with van der Waals surface area (Å²) in [4.78, 5) is 18.0. The van der Waals surface area contributed by atoms with Gasteiger partial charge in [-0.15, -0.1) is 0 Å². The number of hydrogen-bond donors (Lipinski definition) is 0. The first-order chi connectivity index (χ1) is 12.3. The third kappa shape index (κ3) is 4.77. The molecule has 2 aromatic rings. The summed E-state index contributed by atoms with van der Waals surface area (Å²) in [6.07, 6.45) is 0.922. The van der Waals surface area contributed by atoms with E-state index in [1.165, 1.54) is 23.2 Å². The number of benzene rings is 1. The molecule has 1 aliphatic rings. The summed E-state index contributed by atoms with van der Waals surface area (Å²) in [6, 6.07) is 10.3. The van der Waals surface area contributed by atoms with Crippen molar-refractivity contribution < 1.29 is 22.7 Å². The normalized spacial score (nSPS) is 18.0. The zero-order valence-corrected chi connectivity index (χ0v) is 15.8. The Labute approximate surface area is 160 Å². The fourth-order valence-corrected chi connectivity index (χ4v) is 3.49. The lowest BCUT2D eigenvalue weighted by molar-refractivity contribution is -0.0330. The Balaban J connectivity index is 1.78. The van der Waals surface area contributed by atoms with E-state index >= 15 is 0 Å². The first-order valence-corrected chi connectivity index (χ1v) is 9.31. The number of carbonyl (C=O) groups excluding carboxylic acids is 1. The second kappa shape index (κ2) is 7.98. The fraction of sp³-hybridized carbons (Fsp3) is 0.294. The van der Waals surface area contributed by atoms with Crippen LogP contribution in [0.5, 0.6) is 0 Å². The van der Waals surface area contributed by atoms with Gasteiger partial charge >= 0.3 is 5.51 Å². The van der Waals surface area contributed by atoms with Gasteiger partial charge < -0.3 is 9.64 Å².